The van der Waals surface area contributed by atoms with Crippen molar-refractivity contribution >= 4 is 12.4 Å². The molecule has 5 heteroatoms. The summed E-state index contributed by atoms with van der Waals surface area (Å²) >= 11 is 0. The quantitative estimate of drug-likeness (QED) is 0.597. The fourth-order valence-corrected chi connectivity index (χ4v) is 2.56. The Hall–Kier alpha value is -1.52. The highest BCUT2D eigenvalue weighted by Crippen LogP contribution is 2.31. The van der Waals surface area contributed by atoms with Crippen molar-refractivity contribution in [1.29, 1.82) is 0 Å². The highest BCUT2D eigenvalue weighted by atomic mass is 35.5. The molecule has 0 bridgehead atoms. The molecule has 2 aromatic carbocycles. The van der Waals surface area contributed by atoms with Crippen LogP contribution >= 0.6 is 12.4 Å². The third-order valence-corrected chi connectivity index (χ3v) is 4.00. The van der Waals surface area contributed by atoms with Crippen molar-refractivity contribution in [3.63, 3.8) is 0 Å². The lowest BCUT2D eigenvalue weighted by Crippen LogP contribution is -2.09. The van der Waals surface area contributed by atoms with E-state index in [1.54, 1.807) is 0 Å². The van der Waals surface area contributed by atoms with Gasteiger partial charge in [0.05, 0.1) is 5.56 Å². The molecule has 0 aliphatic heterocycles. The molecule has 2 N–H and O–H groups in total. The topological polar surface area (TPSA) is 26.0 Å². The molecule has 0 spiro atoms. The van der Waals surface area contributed by atoms with Gasteiger partial charge in [-0.2, -0.15) is 13.2 Å². The van der Waals surface area contributed by atoms with Gasteiger partial charge in [0.25, 0.3) is 0 Å². The SMILES string of the molecule is CCCCC[C@H](N)c1ccc(-c2ccc(C(F)(F)F)cc2)cc1.Cl. The van der Waals surface area contributed by atoms with Gasteiger partial charge in [-0.15, -0.1) is 12.4 Å². The minimum absolute atomic E-state index is 0. The minimum Gasteiger partial charge on any atom is -0.324 e. The summed E-state index contributed by atoms with van der Waals surface area (Å²) in [5, 5.41) is 0. The lowest BCUT2D eigenvalue weighted by Gasteiger charge is -2.13. The van der Waals surface area contributed by atoms with Gasteiger partial charge in [-0.3, -0.25) is 0 Å². The summed E-state index contributed by atoms with van der Waals surface area (Å²) in [6.45, 7) is 2.16. The fraction of sp³-hybridized carbons (Fsp3) is 0.368. The Bertz CT molecular complexity index is 606. The van der Waals surface area contributed by atoms with Gasteiger partial charge in [-0.25, -0.2) is 0 Å². The second kappa shape index (κ2) is 9.09. The Labute approximate surface area is 147 Å². The zero-order chi connectivity index (χ0) is 16.9. The van der Waals surface area contributed by atoms with Crippen molar-refractivity contribution in [2.45, 2.75) is 44.8 Å². The molecule has 0 unspecified atom stereocenters. The van der Waals surface area contributed by atoms with E-state index in [0.717, 1.165) is 41.7 Å². The number of alkyl halides is 3. The van der Waals surface area contributed by atoms with E-state index in [4.69, 9.17) is 5.73 Å². The number of nitrogens with two attached hydrogens (primary N) is 1. The van der Waals surface area contributed by atoms with Gasteiger partial charge in [0.2, 0.25) is 0 Å². The van der Waals surface area contributed by atoms with Crippen LogP contribution in [0.4, 0.5) is 13.2 Å². The van der Waals surface area contributed by atoms with Crippen LogP contribution in [0.2, 0.25) is 0 Å². The summed E-state index contributed by atoms with van der Waals surface area (Å²) in [6, 6.07) is 13.0. The molecule has 0 radical (unpaired) electrons. The van der Waals surface area contributed by atoms with Crippen LogP contribution in [0.1, 0.15) is 49.8 Å². The third-order valence-electron chi connectivity index (χ3n) is 4.00. The summed E-state index contributed by atoms with van der Waals surface area (Å²) < 4.78 is 37.7. The van der Waals surface area contributed by atoms with Crippen LogP contribution < -0.4 is 5.73 Å². The first-order valence-electron chi connectivity index (χ1n) is 7.95. The van der Waals surface area contributed by atoms with Crippen LogP contribution in [0.3, 0.4) is 0 Å². The smallest absolute Gasteiger partial charge is 0.324 e. The van der Waals surface area contributed by atoms with E-state index in [0.29, 0.717) is 0 Å². The monoisotopic (exact) mass is 357 g/mol. The minimum atomic E-state index is -4.30. The molecular formula is C19H23ClF3N. The van der Waals surface area contributed by atoms with Gasteiger partial charge in [-0.1, -0.05) is 62.6 Å². The molecule has 0 amide bonds. The van der Waals surface area contributed by atoms with Crippen LogP contribution in [0, 0.1) is 0 Å². The van der Waals surface area contributed by atoms with E-state index >= 15 is 0 Å². The number of unbranched alkanes of at least 4 members (excludes halogenated alkanes) is 2. The summed E-state index contributed by atoms with van der Waals surface area (Å²) in [5.41, 5.74) is 8.26. The maximum absolute atomic E-state index is 12.6. The molecule has 2 aromatic rings. The lowest BCUT2D eigenvalue weighted by atomic mass is 9.97. The van der Waals surface area contributed by atoms with E-state index < -0.39 is 11.7 Å². The molecule has 132 valence electrons. The van der Waals surface area contributed by atoms with Crippen LogP contribution in [0.15, 0.2) is 48.5 Å². The van der Waals surface area contributed by atoms with Crippen molar-refractivity contribution < 1.29 is 13.2 Å². The molecule has 2 rings (SSSR count). The average molecular weight is 358 g/mol. The Morgan fingerprint density at radius 1 is 0.875 bits per heavy atom. The fourth-order valence-electron chi connectivity index (χ4n) is 2.56. The molecule has 0 saturated carbocycles. The number of rotatable bonds is 6. The molecule has 0 heterocycles. The molecular weight excluding hydrogens is 335 g/mol. The summed E-state index contributed by atoms with van der Waals surface area (Å²) in [6.07, 6.45) is 0.107. The van der Waals surface area contributed by atoms with Crippen molar-refractivity contribution in [1.82, 2.24) is 0 Å². The van der Waals surface area contributed by atoms with Gasteiger partial charge in [0.1, 0.15) is 0 Å². The second-order valence-corrected chi connectivity index (χ2v) is 5.80. The Balaban J connectivity index is 0.00000288. The number of hydrogen-bond donors (Lipinski definition) is 1. The van der Waals surface area contributed by atoms with Crippen molar-refractivity contribution in [2.75, 3.05) is 0 Å². The van der Waals surface area contributed by atoms with Crippen molar-refractivity contribution in [2.24, 2.45) is 5.73 Å². The zero-order valence-corrected chi connectivity index (χ0v) is 14.5. The summed E-state index contributed by atoms with van der Waals surface area (Å²) in [4.78, 5) is 0. The van der Waals surface area contributed by atoms with E-state index in [-0.39, 0.29) is 18.4 Å². The van der Waals surface area contributed by atoms with Gasteiger partial charge in [0.15, 0.2) is 0 Å². The van der Waals surface area contributed by atoms with E-state index in [2.05, 4.69) is 6.92 Å². The first kappa shape index (κ1) is 20.5. The Morgan fingerprint density at radius 2 is 1.38 bits per heavy atom. The van der Waals surface area contributed by atoms with Crippen molar-refractivity contribution in [3.8, 4) is 11.1 Å². The average Bonchev–Trinajstić information content (AvgIpc) is 2.54. The lowest BCUT2D eigenvalue weighted by molar-refractivity contribution is -0.137. The van der Waals surface area contributed by atoms with Gasteiger partial charge in [0, 0.05) is 6.04 Å². The molecule has 0 fully saturated rings. The second-order valence-electron chi connectivity index (χ2n) is 5.80. The van der Waals surface area contributed by atoms with Crippen LogP contribution in [-0.4, -0.2) is 0 Å². The third kappa shape index (κ3) is 5.53. The Morgan fingerprint density at radius 3 is 1.83 bits per heavy atom. The number of halogens is 4. The Kier molecular flexibility index (Phi) is 7.77. The predicted molar refractivity (Wildman–Crippen MR) is 95.2 cm³/mol. The first-order chi connectivity index (χ1) is 10.9. The molecule has 0 aliphatic carbocycles. The zero-order valence-electron chi connectivity index (χ0n) is 13.6. The molecule has 1 atom stereocenters. The standard InChI is InChI=1S/C19H22F3N.ClH/c1-2-3-4-5-18(23)16-8-6-14(7-9-16)15-10-12-17(13-11-15)19(20,21)22;/h6-13,18H,2-5,23H2,1H3;1H/t18-;/m0./s1. The largest absolute Gasteiger partial charge is 0.416 e. The maximum atomic E-state index is 12.6. The first-order valence-corrected chi connectivity index (χ1v) is 7.95. The molecule has 0 saturated heterocycles. The van der Waals surface area contributed by atoms with Gasteiger partial charge >= 0.3 is 6.18 Å². The van der Waals surface area contributed by atoms with Gasteiger partial charge in [-0.05, 0) is 35.2 Å². The molecule has 0 aromatic heterocycles. The van der Waals surface area contributed by atoms with Crippen LogP contribution in [0.25, 0.3) is 11.1 Å². The highest BCUT2D eigenvalue weighted by molar-refractivity contribution is 5.85. The van der Waals surface area contributed by atoms with Crippen molar-refractivity contribution in [3.05, 3.63) is 59.7 Å². The predicted octanol–water partition coefficient (Wildman–Crippen LogP) is 6.37. The summed E-state index contributed by atoms with van der Waals surface area (Å²) in [5.74, 6) is 0. The van der Waals surface area contributed by atoms with E-state index in [9.17, 15) is 13.2 Å². The van der Waals surface area contributed by atoms with Crippen LogP contribution in [0.5, 0.6) is 0 Å². The van der Waals surface area contributed by atoms with Crippen LogP contribution in [-0.2, 0) is 6.18 Å². The number of hydrogen-bond acceptors (Lipinski definition) is 1. The highest BCUT2D eigenvalue weighted by Gasteiger charge is 2.29. The number of benzene rings is 2. The van der Waals surface area contributed by atoms with E-state index in [1.807, 2.05) is 24.3 Å². The van der Waals surface area contributed by atoms with Gasteiger partial charge < -0.3 is 5.73 Å². The molecule has 0 aliphatic rings. The summed E-state index contributed by atoms with van der Waals surface area (Å²) in [7, 11) is 0. The molecule has 24 heavy (non-hydrogen) atoms. The molecule has 1 nitrogen and oxygen atoms in total. The normalized spacial score (nSPS) is 12.5. The maximum Gasteiger partial charge on any atom is 0.416 e. The van der Waals surface area contributed by atoms with E-state index in [1.165, 1.54) is 25.0 Å².